The highest BCUT2D eigenvalue weighted by Crippen LogP contribution is 2.23. The summed E-state index contributed by atoms with van der Waals surface area (Å²) in [4.78, 5) is 18.7. The first-order valence-electron chi connectivity index (χ1n) is 7.15. The van der Waals surface area contributed by atoms with E-state index in [-0.39, 0.29) is 11.2 Å². The van der Waals surface area contributed by atoms with Crippen molar-refractivity contribution in [3.8, 4) is 0 Å². The van der Waals surface area contributed by atoms with Gasteiger partial charge in [0.15, 0.2) is 0 Å². The average molecular weight is 294 g/mol. The SMILES string of the molecule is CCN(C[C@@H]1CCOC1)C(=O)[C@H](C)Sc1ccccn1. The molecule has 1 amide bonds. The molecule has 110 valence electrons. The number of nitrogens with zero attached hydrogens (tertiary/aromatic N) is 2. The Morgan fingerprint density at radius 1 is 1.60 bits per heavy atom. The van der Waals surface area contributed by atoms with E-state index in [0.29, 0.717) is 5.92 Å². The number of aromatic nitrogens is 1. The minimum absolute atomic E-state index is 0.104. The number of hydrogen-bond acceptors (Lipinski definition) is 4. The van der Waals surface area contributed by atoms with Gasteiger partial charge in [-0.15, -0.1) is 0 Å². The minimum atomic E-state index is -0.104. The fourth-order valence-electron chi connectivity index (χ4n) is 2.32. The number of amides is 1. The van der Waals surface area contributed by atoms with Crippen LogP contribution in [0, 0.1) is 5.92 Å². The fourth-order valence-corrected chi connectivity index (χ4v) is 3.21. The van der Waals surface area contributed by atoms with Gasteiger partial charge in [0.2, 0.25) is 5.91 Å². The van der Waals surface area contributed by atoms with Crippen molar-refractivity contribution in [3.63, 3.8) is 0 Å². The van der Waals surface area contributed by atoms with Gasteiger partial charge >= 0.3 is 0 Å². The van der Waals surface area contributed by atoms with Crippen LogP contribution in [0.3, 0.4) is 0 Å². The van der Waals surface area contributed by atoms with Gasteiger partial charge in [0.1, 0.15) is 0 Å². The van der Waals surface area contributed by atoms with Crippen molar-refractivity contribution in [3.05, 3.63) is 24.4 Å². The zero-order valence-corrected chi connectivity index (χ0v) is 12.9. The van der Waals surface area contributed by atoms with Gasteiger partial charge in [-0.2, -0.15) is 0 Å². The number of pyridine rings is 1. The lowest BCUT2D eigenvalue weighted by Gasteiger charge is -2.26. The van der Waals surface area contributed by atoms with Crippen LogP contribution in [0.2, 0.25) is 0 Å². The van der Waals surface area contributed by atoms with E-state index in [9.17, 15) is 4.79 Å². The van der Waals surface area contributed by atoms with Crippen LogP contribution in [0.15, 0.2) is 29.4 Å². The highest BCUT2D eigenvalue weighted by Gasteiger charge is 2.25. The summed E-state index contributed by atoms with van der Waals surface area (Å²) in [6.45, 7) is 7.16. The lowest BCUT2D eigenvalue weighted by molar-refractivity contribution is -0.130. The summed E-state index contributed by atoms with van der Waals surface area (Å²) in [5.41, 5.74) is 0. The Bertz CT molecular complexity index is 421. The zero-order valence-electron chi connectivity index (χ0n) is 12.1. The van der Waals surface area contributed by atoms with Gasteiger partial charge in [0, 0.05) is 31.8 Å². The lowest BCUT2D eigenvalue weighted by atomic mass is 10.1. The summed E-state index contributed by atoms with van der Waals surface area (Å²) in [6.07, 6.45) is 2.82. The quantitative estimate of drug-likeness (QED) is 0.756. The Labute approximate surface area is 124 Å². The molecule has 0 aliphatic carbocycles. The van der Waals surface area contributed by atoms with Gasteiger partial charge < -0.3 is 9.64 Å². The minimum Gasteiger partial charge on any atom is -0.381 e. The lowest BCUT2D eigenvalue weighted by Crippen LogP contribution is -2.39. The molecular weight excluding hydrogens is 272 g/mol. The third kappa shape index (κ3) is 4.21. The van der Waals surface area contributed by atoms with Crippen LogP contribution < -0.4 is 0 Å². The van der Waals surface area contributed by atoms with E-state index in [0.717, 1.165) is 37.8 Å². The van der Waals surface area contributed by atoms with Crippen molar-refractivity contribution in [2.24, 2.45) is 5.92 Å². The molecule has 2 rings (SSSR count). The molecule has 20 heavy (non-hydrogen) atoms. The van der Waals surface area contributed by atoms with Gasteiger partial charge in [-0.25, -0.2) is 4.98 Å². The molecule has 0 spiro atoms. The normalized spacial score (nSPS) is 19.8. The van der Waals surface area contributed by atoms with E-state index < -0.39 is 0 Å². The first-order valence-corrected chi connectivity index (χ1v) is 8.03. The molecule has 1 aliphatic heterocycles. The van der Waals surface area contributed by atoms with Crippen LogP contribution in [0.4, 0.5) is 0 Å². The second-order valence-electron chi connectivity index (χ2n) is 5.03. The van der Waals surface area contributed by atoms with Crippen LogP contribution in [-0.4, -0.2) is 47.3 Å². The van der Waals surface area contributed by atoms with Crippen molar-refractivity contribution in [2.75, 3.05) is 26.3 Å². The van der Waals surface area contributed by atoms with E-state index in [2.05, 4.69) is 4.98 Å². The Morgan fingerprint density at radius 3 is 3.05 bits per heavy atom. The average Bonchev–Trinajstić information content (AvgIpc) is 2.98. The molecule has 0 unspecified atom stereocenters. The monoisotopic (exact) mass is 294 g/mol. The summed E-state index contributed by atoms with van der Waals surface area (Å²) in [6, 6.07) is 5.77. The molecule has 1 fully saturated rings. The number of rotatable bonds is 6. The van der Waals surface area contributed by atoms with Crippen molar-refractivity contribution in [2.45, 2.75) is 30.5 Å². The smallest absolute Gasteiger partial charge is 0.235 e. The van der Waals surface area contributed by atoms with Crippen molar-refractivity contribution in [1.29, 1.82) is 0 Å². The van der Waals surface area contributed by atoms with Crippen LogP contribution >= 0.6 is 11.8 Å². The molecule has 2 heterocycles. The van der Waals surface area contributed by atoms with Gasteiger partial charge in [0.25, 0.3) is 0 Å². The van der Waals surface area contributed by atoms with Gasteiger partial charge in [-0.3, -0.25) is 4.79 Å². The Kier molecular flexibility index (Phi) is 5.86. The largest absolute Gasteiger partial charge is 0.381 e. The van der Waals surface area contributed by atoms with E-state index in [1.165, 1.54) is 11.8 Å². The van der Waals surface area contributed by atoms with E-state index in [1.807, 2.05) is 36.9 Å². The third-order valence-corrected chi connectivity index (χ3v) is 4.52. The number of carbonyl (C=O) groups excluding carboxylic acids is 1. The molecular formula is C15H22N2O2S. The highest BCUT2D eigenvalue weighted by atomic mass is 32.2. The molecule has 0 aromatic carbocycles. The Morgan fingerprint density at radius 2 is 2.45 bits per heavy atom. The first kappa shape index (κ1) is 15.3. The van der Waals surface area contributed by atoms with E-state index >= 15 is 0 Å². The molecule has 1 aliphatic rings. The highest BCUT2D eigenvalue weighted by molar-refractivity contribution is 8.00. The molecule has 1 aromatic rings. The van der Waals surface area contributed by atoms with Crippen LogP contribution in [0.5, 0.6) is 0 Å². The standard InChI is InChI=1S/C15H22N2O2S/c1-3-17(10-13-7-9-19-11-13)15(18)12(2)20-14-6-4-5-8-16-14/h4-6,8,12-13H,3,7,9-11H2,1-2H3/t12-,13-/m0/s1. The molecule has 1 aromatic heterocycles. The van der Waals surface area contributed by atoms with Gasteiger partial charge in [0.05, 0.1) is 16.9 Å². The summed E-state index contributed by atoms with van der Waals surface area (Å²) < 4.78 is 5.39. The number of carbonyl (C=O) groups is 1. The molecule has 0 saturated carbocycles. The van der Waals surface area contributed by atoms with Gasteiger partial charge in [-0.1, -0.05) is 17.8 Å². The van der Waals surface area contributed by atoms with Crippen molar-refractivity contribution >= 4 is 17.7 Å². The zero-order chi connectivity index (χ0) is 14.4. The molecule has 1 saturated heterocycles. The molecule has 5 heteroatoms. The summed E-state index contributed by atoms with van der Waals surface area (Å²) in [7, 11) is 0. The predicted molar refractivity (Wildman–Crippen MR) is 80.7 cm³/mol. The topological polar surface area (TPSA) is 42.4 Å². The number of ether oxygens (including phenoxy) is 1. The summed E-state index contributed by atoms with van der Waals surface area (Å²) >= 11 is 1.52. The fraction of sp³-hybridized carbons (Fsp3) is 0.600. The molecule has 0 radical (unpaired) electrons. The summed E-state index contributed by atoms with van der Waals surface area (Å²) in [5.74, 6) is 0.681. The molecule has 0 N–H and O–H groups in total. The van der Waals surface area contributed by atoms with Crippen LogP contribution in [0.25, 0.3) is 0 Å². The molecule has 2 atom stereocenters. The number of hydrogen-bond donors (Lipinski definition) is 0. The maximum Gasteiger partial charge on any atom is 0.235 e. The molecule has 0 bridgehead atoms. The van der Waals surface area contributed by atoms with Crippen LogP contribution in [-0.2, 0) is 9.53 Å². The van der Waals surface area contributed by atoms with Crippen molar-refractivity contribution < 1.29 is 9.53 Å². The molecule has 4 nitrogen and oxygen atoms in total. The Hall–Kier alpha value is -1.07. The second-order valence-corrected chi connectivity index (χ2v) is 6.40. The first-order chi connectivity index (χ1) is 9.70. The third-order valence-electron chi connectivity index (χ3n) is 3.48. The van der Waals surface area contributed by atoms with Gasteiger partial charge in [-0.05, 0) is 32.4 Å². The predicted octanol–water partition coefficient (Wildman–Crippen LogP) is 2.45. The second kappa shape index (κ2) is 7.64. The van der Waals surface area contributed by atoms with E-state index in [4.69, 9.17) is 4.74 Å². The maximum absolute atomic E-state index is 12.5. The van der Waals surface area contributed by atoms with Crippen molar-refractivity contribution in [1.82, 2.24) is 9.88 Å². The van der Waals surface area contributed by atoms with E-state index in [1.54, 1.807) is 6.20 Å². The van der Waals surface area contributed by atoms with Crippen LogP contribution in [0.1, 0.15) is 20.3 Å². The Balaban J connectivity index is 1.89. The summed E-state index contributed by atoms with van der Waals surface area (Å²) in [5, 5.41) is 0.792. The maximum atomic E-state index is 12.5. The number of thioether (sulfide) groups is 1.